The molecule has 11 nitrogen and oxygen atoms in total. The van der Waals surface area contributed by atoms with Crippen molar-refractivity contribution < 1.29 is 38.4 Å². The molecule has 4 N–H and O–H groups in total. The third kappa shape index (κ3) is 10.6. The number of hydrogen-bond acceptors (Lipinski definition) is 7. The second-order valence-electron chi connectivity index (χ2n) is 12.8. The van der Waals surface area contributed by atoms with Gasteiger partial charge in [-0.2, -0.15) is 0 Å². The Labute approximate surface area is 256 Å². The van der Waals surface area contributed by atoms with Gasteiger partial charge < -0.3 is 35.1 Å². The van der Waals surface area contributed by atoms with Gasteiger partial charge in [-0.05, 0) is 68.6 Å². The lowest BCUT2D eigenvalue weighted by Crippen LogP contribution is -2.46. The molecule has 244 valence electrons. The minimum atomic E-state index is -1.04. The molecule has 0 aliphatic carbocycles. The molecule has 2 unspecified atom stereocenters. The van der Waals surface area contributed by atoms with Crippen LogP contribution in [0.2, 0.25) is 0 Å². The zero-order chi connectivity index (χ0) is 32.3. The summed E-state index contributed by atoms with van der Waals surface area (Å²) in [6.07, 6.45) is 0.914. The molecule has 1 heterocycles. The first-order valence-corrected chi connectivity index (χ1v) is 15.2. The molecule has 1 aromatic rings. The molecule has 11 heteroatoms. The zero-order valence-electron chi connectivity index (χ0n) is 27.2. The summed E-state index contributed by atoms with van der Waals surface area (Å²) in [6, 6.07) is 5.49. The van der Waals surface area contributed by atoms with Crippen LogP contribution in [0.15, 0.2) is 18.2 Å². The number of nitrogens with zero attached hydrogens (tertiary/aromatic N) is 1. The molecule has 1 fully saturated rings. The van der Waals surface area contributed by atoms with E-state index in [0.29, 0.717) is 44.0 Å². The van der Waals surface area contributed by atoms with Crippen LogP contribution in [-0.4, -0.2) is 80.8 Å². The Kier molecular flexibility index (Phi) is 14.0. The van der Waals surface area contributed by atoms with Crippen LogP contribution in [0, 0.1) is 29.1 Å². The summed E-state index contributed by atoms with van der Waals surface area (Å²) in [4.78, 5) is 38.6. The molecule has 3 amide bonds. The van der Waals surface area contributed by atoms with Gasteiger partial charge in [0.2, 0.25) is 11.8 Å². The summed E-state index contributed by atoms with van der Waals surface area (Å²) in [6.45, 7) is 12.7. The van der Waals surface area contributed by atoms with E-state index in [1.165, 1.54) is 4.90 Å². The standard InChI is InChI=1S/C32H53N3O8/c1-20(2)23(14-22-10-11-26(41-8)28(15-22)42-13-9-12-40-7)16-25-27(43-19-35(25)31(38)39)17-24(21(3)4)29(36)34-18-32(5,6)30(33)37/h10-11,15,20-21,23-25,27H,9,12-14,16-19H2,1-8H3,(H2,33,37)(H,34,36)(H,38,39)/t23-,24+,25?,27?/m1/s1. The maximum atomic E-state index is 13.3. The van der Waals surface area contributed by atoms with E-state index in [1.54, 1.807) is 28.1 Å². The monoisotopic (exact) mass is 607 g/mol. The lowest BCUT2D eigenvalue weighted by molar-refractivity contribution is -0.130. The molecule has 1 aliphatic rings. The summed E-state index contributed by atoms with van der Waals surface area (Å²) < 4.78 is 22.6. The maximum absolute atomic E-state index is 13.3. The van der Waals surface area contributed by atoms with E-state index in [1.807, 2.05) is 32.0 Å². The van der Waals surface area contributed by atoms with E-state index in [9.17, 15) is 19.5 Å². The van der Waals surface area contributed by atoms with Crippen LogP contribution in [0.25, 0.3) is 0 Å². The second-order valence-corrected chi connectivity index (χ2v) is 12.8. The normalized spacial score (nSPS) is 18.5. The topological polar surface area (TPSA) is 150 Å². The fraction of sp³-hybridized carbons (Fsp3) is 0.719. The van der Waals surface area contributed by atoms with Crippen molar-refractivity contribution in [1.82, 2.24) is 10.2 Å². The molecule has 1 saturated heterocycles. The van der Waals surface area contributed by atoms with Crippen LogP contribution in [0.1, 0.15) is 66.4 Å². The smallest absolute Gasteiger partial charge is 0.409 e. The minimum Gasteiger partial charge on any atom is -0.493 e. The molecular weight excluding hydrogens is 554 g/mol. The average Bonchev–Trinajstić information content (AvgIpc) is 3.34. The van der Waals surface area contributed by atoms with Crippen molar-refractivity contribution in [3.05, 3.63) is 23.8 Å². The van der Waals surface area contributed by atoms with E-state index >= 15 is 0 Å². The molecule has 2 rings (SSSR count). The van der Waals surface area contributed by atoms with Gasteiger partial charge in [-0.15, -0.1) is 0 Å². The van der Waals surface area contributed by atoms with Crippen LogP contribution >= 0.6 is 0 Å². The van der Waals surface area contributed by atoms with Crippen LogP contribution in [0.3, 0.4) is 0 Å². The number of rotatable bonds is 18. The van der Waals surface area contributed by atoms with Gasteiger partial charge >= 0.3 is 6.09 Å². The summed E-state index contributed by atoms with van der Waals surface area (Å²) >= 11 is 0. The first-order valence-electron chi connectivity index (χ1n) is 15.2. The van der Waals surface area contributed by atoms with Crippen molar-refractivity contribution in [3.63, 3.8) is 0 Å². The number of carbonyl (C=O) groups excluding carboxylic acids is 2. The van der Waals surface area contributed by atoms with Crippen molar-refractivity contribution in [2.45, 2.75) is 79.4 Å². The van der Waals surface area contributed by atoms with Crippen molar-refractivity contribution in [2.75, 3.05) is 40.7 Å². The summed E-state index contributed by atoms with van der Waals surface area (Å²) in [5.74, 6) is 0.561. The minimum absolute atomic E-state index is 0.0256. The summed E-state index contributed by atoms with van der Waals surface area (Å²) in [5.41, 5.74) is 5.66. The Morgan fingerprint density at radius 3 is 2.35 bits per heavy atom. The lowest BCUT2D eigenvalue weighted by atomic mass is 9.80. The van der Waals surface area contributed by atoms with Gasteiger partial charge in [-0.1, -0.05) is 33.8 Å². The van der Waals surface area contributed by atoms with Crippen molar-refractivity contribution in [1.29, 1.82) is 0 Å². The van der Waals surface area contributed by atoms with E-state index < -0.39 is 35.5 Å². The first kappa shape index (κ1) is 36.1. The van der Waals surface area contributed by atoms with Gasteiger partial charge in [0.05, 0.1) is 31.3 Å². The Hall–Kier alpha value is -3.05. The molecule has 0 aromatic heterocycles. The molecular formula is C32H53N3O8. The number of hydrogen-bond donors (Lipinski definition) is 3. The third-order valence-electron chi connectivity index (χ3n) is 8.47. The number of amides is 3. The van der Waals surface area contributed by atoms with Crippen molar-refractivity contribution in [3.8, 4) is 11.5 Å². The molecule has 0 saturated carbocycles. The molecule has 0 spiro atoms. The fourth-order valence-electron chi connectivity index (χ4n) is 5.29. The number of nitrogens with two attached hydrogens (primary N) is 1. The van der Waals surface area contributed by atoms with Crippen LogP contribution < -0.4 is 20.5 Å². The van der Waals surface area contributed by atoms with Gasteiger partial charge in [0.15, 0.2) is 11.5 Å². The Morgan fingerprint density at radius 2 is 1.79 bits per heavy atom. The van der Waals surface area contributed by atoms with Crippen molar-refractivity contribution in [2.24, 2.45) is 34.8 Å². The van der Waals surface area contributed by atoms with E-state index in [0.717, 1.165) is 12.0 Å². The number of primary amides is 1. The van der Waals surface area contributed by atoms with Crippen LogP contribution in [0.5, 0.6) is 11.5 Å². The largest absolute Gasteiger partial charge is 0.493 e. The van der Waals surface area contributed by atoms with E-state index in [2.05, 4.69) is 19.2 Å². The Morgan fingerprint density at radius 1 is 1.09 bits per heavy atom. The van der Waals surface area contributed by atoms with Crippen LogP contribution in [0.4, 0.5) is 4.79 Å². The molecule has 0 bridgehead atoms. The highest BCUT2D eigenvalue weighted by Crippen LogP contribution is 2.35. The Bertz CT molecular complexity index is 1060. The first-order chi connectivity index (χ1) is 20.2. The molecule has 43 heavy (non-hydrogen) atoms. The van der Waals surface area contributed by atoms with Gasteiger partial charge in [0, 0.05) is 32.6 Å². The molecule has 1 aromatic carbocycles. The number of benzene rings is 1. The maximum Gasteiger partial charge on any atom is 0.409 e. The summed E-state index contributed by atoms with van der Waals surface area (Å²) in [5, 5.41) is 12.9. The predicted octanol–water partition coefficient (Wildman–Crippen LogP) is 4.31. The highest BCUT2D eigenvalue weighted by Gasteiger charge is 2.42. The van der Waals surface area contributed by atoms with Crippen molar-refractivity contribution >= 4 is 17.9 Å². The van der Waals surface area contributed by atoms with Gasteiger partial charge in [-0.3, -0.25) is 14.5 Å². The highest BCUT2D eigenvalue weighted by molar-refractivity contribution is 5.83. The van der Waals surface area contributed by atoms with Gasteiger partial charge in [-0.25, -0.2) is 4.79 Å². The van der Waals surface area contributed by atoms with E-state index in [4.69, 9.17) is 24.7 Å². The van der Waals surface area contributed by atoms with Gasteiger partial charge in [0.1, 0.15) is 6.73 Å². The molecule has 0 radical (unpaired) electrons. The third-order valence-corrected chi connectivity index (χ3v) is 8.47. The fourth-order valence-corrected chi connectivity index (χ4v) is 5.29. The summed E-state index contributed by atoms with van der Waals surface area (Å²) in [7, 11) is 3.27. The second kappa shape index (κ2) is 16.7. The number of carbonyl (C=O) groups is 3. The molecule has 1 aliphatic heterocycles. The predicted molar refractivity (Wildman–Crippen MR) is 164 cm³/mol. The quantitative estimate of drug-likeness (QED) is 0.209. The highest BCUT2D eigenvalue weighted by atomic mass is 16.5. The number of nitrogens with one attached hydrogen (secondary N) is 1. The van der Waals surface area contributed by atoms with Gasteiger partial charge in [0.25, 0.3) is 0 Å². The number of carboxylic acid groups (broad SMARTS) is 1. The van der Waals surface area contributed by atoms with E-state index in [-0.39, 0.29) is 36.9 Å². The number of ether oxygens (including phenoxy) is 4. The van der Waals surface area contributed by atoms with Crippen LogP contribution in [-0.2, 0) is 25.5 Å². The number of methoxy groups -OCH3 is 2. The average molecular weight is 608 g/mol. The Balaban J connectivity index is 2.23. The lowest BCUT2D eigenvalue weighted by Gasteiger charge is -2.32. The molecule has 4 atom stereocenters. The zero-order valence-corrected chi connectivity index (χ0v) is 27.2. The SMILES string of the molecule is COCCCOc1cc(C[C@H](CC2C(C[C@H](C(=O)NCC(C)(C)C(N)=O)C(C)C)OCN2C(=O)O)C(C)C)ccc1OC.